The van der Waals surface area contributed by atoms with Crippen molar-refractivity contribution in [3.05, 3.63) is 63.5 Å². The Labute approximate surface area is 115 Å². The third-order valence-corrected chi connectivity index (χ3v) is 2.79. The second kappa shape index (κ2) is 6.12. The zero-order chi connectivity index (χ0) is 14.5. The van der Waals surface area contributed by atoms with Gasteiger partial charge in [-0.1, -0.05) is 12.1 Å². The van der Waals surface area contributed by atoms with E-state index in [1.54, 1.807) is 30.3 Å². The molecule has 1 aromatic carbocycles. The van der Waals surface area contributed by atoms with Crippen molar-refractivity contribution in [3.63, 3.8) is 0 Å². The highest BCUT2D eigenvalue weighted by molar-refractivity contribution is 5.40. The molecule has 104 valence electrons. The van der Waals surface area contributed by atoms with Gasteiger partial charge in [0.25, 0.3) is 5.69 Å². The molecule has 2 rings (SSSR count). The zero-order valence-corrected chi connectivity index (χ0v) is 10.9. The van der Waals surface area contributed by atoms with E-state index in [0.717, 1.165) is 5.69 Å². The number of aryl methyl sites for hydroxylation is 1. The van der Waals surface area contributed by atoms with Crippen LogP contribution in [0, 0.1) is 17.0 Å². The molecule has 1 aromatic heterocycles. The molecule has 0 radical (unpaired) electrons. The normalized spacial score (nSPS) is 10.3. The summed E-state index contributed by atoms with van der Waals surface area (Å²) in [6.45, 7) is 1.62. The van der Waals surface area contributed by atoms with E-state index in [1.807, 2.05) is 6.92 Å². The highest BCUT2D eigenvalue weighted by Crippen LogP contribution is 2.22. The molecular formula is C14H14N2O4. The van der Waals surface area contributed by atoms with Crippen molar-refractivity contribution in [2.75, 3.05) is 0 Å². The lowest BCUT2D eigenvalue weighted by Gasteiger charge is -2.10. The predicted octanol–water partition coefficient (Wildman–Crippen LogP) is 2.37. The number of hydrogen-bond donors (Lipinski definition) is 1. The van der Waals surface area contributed by atoms with Crippen molar-refractivity contribution in [2.24, 2.45) is 0 Å². The van der Waals surface area contributed by atoms with Gasteiger partial charge in [-0.2, -0.15) is 0 Å². The first kappa shape index (κ1) is 14.0. The molecule has 20 heavy (non-hydrogen) atoms. The molecule has 0 fully saturated rings. The number of nitro benzene ring substituents is 1. The Kier molecular flexibility index (Phi) is 4.27. The van der Waals surface area contributed by atoms with E-state index < -0.39 is 4.92 Å². The maximum Gasteiger partial charge on any atom is 0.276 e. The van der Waals surface area contributed by atoms with Gasteiger partial charge in [0.1, 0.15) is 18.1 Å². The highest BCUT2D eigenvalue weighted by Gasteiger charge is 2.13. The summed E-state index contributed by atoms with van der Waals surface area (Å²) in [6.07, 6.45) is 0. The Bertz CT molecular complexity index is 628. The molecule has 6 heteroatoms. The van der Waals surface area contributed by atoms with E-state index in [-0.39, 0.29) is 18.9 Å². The lowest BCUT2D eigenvalue weighted by atomic mass is 10.2. The molecule has 0 unspecified atom stereocenters. The first-order valence-corrected chi connectivity index (χ1v) is 6.04. The predicted molar refractivity (Wildman–Crippen MR) is 72.3 cm³/mol. The monoisotopic (exact) mass is 274 g/mol. The summed E-state index contributed by atoms with van der Waals surface area (Å²) >= 11 is 0. The molecule has 2 aromatic rings. The lowest BCUT2D eigenvalue weighted by molar-refractivity contribution is -0.385. The van der Waals surface area contributed by atoms with Crippen molar-refractivity contribution in [2.45, 2.75) is 20.1 Å². The van der Waals surface area contributed by atoms with Crippen molar-refractivity contribution in [1.82, 2.24) is 4.98 Å². The van der Waals surface area contributed by atoms with Crippen molar-refractivity contribution in [1.29, 1.82) is 0 Å². The molecule has 0 aliphatic carbocycles. The Hall–Kier alpha value is -2.47. The van der Waals surface area contributed by atoms with Crippen molar-refractivity contribution in [3.8, 4) is 5.75 Å². The van der Waals surface area contributed by atoms with Gasteiger partial charge in [-0.15, -0.1) is 0 Å². The number of aliphatic hydroxyl groups is 1. The SMILES string of the molecule is Cc1ccc(OCc2ccccc2[N+](=O)[O-])c(CO)n1. The molecule has 0 aliphatic rings. The topological polar surface area (TPSA) is 85.5 Å². The molecule has 0 bridgehead atoms. The molecule has 1 N–H and O–H groups in total. The number of aromatic nitrogens is 1. The van der Waals surface area contributed by atoms with Crippen LogP contribution in [0.4, 0.5) is 5.69 Å². The van der Waals surface area contributed by atoms with Crippen LogP contribution in [0.25, 0.3) is 0 Å². The van der Waals surface area contributed by atoms with Gasteiger partial charge in [0.05, 0.1) is 17.1 Å². The molecule has 6 nitrogen and oxygen atoms in total. The van der Waals surface area contributed by atoms with Gasteiger partial charge in [-0.25, -0.2) is 0 Å². The summed E-state index contributed by atoms with van der Waals surface area (Å²) in [7, 11) is 0. The van der Waals surface area contributed by atoms with Crippen LogP contribution in [0.15, 0.2) is 36.4 Å². The number of hydrogen-bond acceptors (Lipinski definition) is 5. The van der Waals surface area contributed by atoms with Crippen LogP contribution in [0.3, 0.4) is 0 Å². The maximum atomic E-state index is 10.9. The third kappa shape index (κ3) is 3.10. The molecule has 1 heterocycles. The molecule has 0 aliphatic heterocycles. The fourth-order valence-corrected chi connectivity index (χ4v) is 1.81. The quantitative estimate of drug-likeness (QED) is 0.668. The highest BCUT2D eigenvalue weighted by atomic mass is 16.6. The van der Waals surface area contributed by atoms with E-state index in [4.69, 9.17) is 4.74 Å². The molecule has 0 atom stereocenters. The average molecular weight is 274 g/mol. The minimum absolute atomic E-state index is 0.0121. The summed E-state index contributed by atoms with van der Waals surface area (Å²) in [4.78, 5) is 14.6. The number of rotatable bonds is 5. The Balaban J connectivity index is 2.19. The third-order valence-electron chi connectivity index (χ3n) is 2.79. The molecule has 0 spiro atoms. The van der Waals surface area contributed by atoms with Crippen LogP contribution in [-0.4, -0.2) is 15.0 Å². The lowest BCUT2D eigenvalue weighted by Crippen LogP contribution is -2.03. The fourth-order valence-electron chi connectivity index (χ4n) is 1.81. The number of benzene rings is 1. The minimum Gasteiger partial charge on any atom is -0.487 e. The number of para-hydroxylation sites is 1. The van der Waals surface area contributed by atoms with Crippen LogP contribution in [0.1, 0.15) is 17.0 Å². The standard InChI is InChI=1S/C14H14N2O4/c1-10-6-7-14(12(8-17)15-10)20-9-11-4-2-3-5-13(11)16(18)19/h2-7,17H,8-9H2,1H3. The second-order valence-corrected chi connectivity index (χ2v) is 4.23. The van der Waals surface area contributed by atoms with E-state index in [1.165, 1.54) is 6.07 Å². The fraction of sp³-hybridized carbons (Fsp3) is 0.214. The summed E-state index contributed by atoms with van der Waals surface area (Å²) in [5.74, 6) is 0.427. The van der Waals surface area contributed by atoms with E-state index in [0.29, 0.717) is 17.0 Å². The van der Waals surface area contributed by atoms with E-state index in [2.05, 4.69) is 4.98 Å². The van der Waals surface area contributed by atoms with Gasteiger partial charge in [0.2, 0.25) is 0 Å². The van der Waals surface area contributed by atoms with Crippen LogP contribution in [0.2, 0.25) is 0 Å². The van der Waals surface area contributed by atoms with Gasteiger partial charge in [-0.05, 0) is 25.1 Å². The Morgan fingerprint density at radius 2 is 2.05 bits per heavy atom. The van der Waals surface area contributed by atoms with Crippen LogP contribution < -0.4 is 4.74 Å². The minimum atomic E-state index is -0.445. The van der Waals surface area contributed by atoms with Gasteiger partial charge in [0, 0.05) is 11.8 Å². The van der Waals surface area contributed by atoms with Crippen LogP contribution >= 0.6 is 0 Å². The first-order chi connectivity index (χ1) is 9.61. The number of pyridine rings is 1. The summed E-state index contributed by atoms with van der Waals surface area (Å²) in [5.41, 5.74) is 1.68. The number of nitrogens with zero attached hydrogens (tertiary/aromatic N) is 2. The summed E-state index contributed by atoms with van der Waals surface area (Å²) < 4.78 is 5.53. The molecule has 0 amide bonds. The average Bonchev–Trinajstić information content (AvgIpc) is 2.46. The van der Waals surface area contributed by atoms with Crippen LogP contribution in [-0.2, 0) is 13.2 Å². The van der Waals surface area contributed by atoms with Crippen molar-refractivity contribution < 1.29 is 14.8 Å². The maximum absolute atomic E-state index is 10.9. The zero-order valence-electron chi connectivity index (χ0n) is 10.9. The van der Waals surface area contributed by atoms with Crippen molar-refractivity contribution >= 4 is 5.69 Å². The molecule has 0 saturated carbocycles. The van der Waals surface area contributed by atoms with E-state index in [9.17, 15) is 15.2 Å². The van der Waals surface area contributed by atoms with Crippen LogP contribution in [0.5, 0.6) is 5.75 Å². The van der Waals surface area contributed by atoms with Gasteiger partial charge in [0.15, 0.2) is 0 Å². The molecule has 0 saturated heterocycles. The second-order valence-electron chi connectivity index (χ2n) is 4.23. The Morgan fingerprint density at radius 1 is 1.30 bits per heavy atom. The number of nitro groups is 1. The van der Waals surface area contributed by atoms with Gasteiger partial charge in [-0.3, -0.25) is 15.1 Å². The summed E-state index contributed by atoms with van der Waals surface area (Å²) in [5, 5.41) is 20.1. The first-order valence-electron chi connectivity index (χ1n) is 6.04. The summed E-state index contributed by atoms with van der Waals surface area (Å²) in [6, 6.07) is 9.84. The van der Waals surface area contributed by atoms with Gasteiger partial charge < -0.3 is 9.84 Å². The number of aliphatic hydroxyl groups excluding tert-OH is 1. The largest absolute Gasteiger partial charge is 0.487 e. The smallest absolute Gasteiger partial charge is 0.276 e. The number of ether oxygens (including phenoxy) is 1. The van der Waals surface area contributed by atoms with E-state index >= 15 is 0 Å². The molecular weight excluding hydrogens is 260 g/mol. The van der Waals surface area contributed by atoms with Gasteiger partial charge >= 0.3 is 0 Å². The Morgan fingerprint density at radius 3 is 2.75 bits per heavy atom.